The Morgan fingerprint density at radius 1 is 1.00 bits per heavy atom. The lowest BCUT2D eigenvalue weighted by atomic mass is 10.1. The van der Waals surface area contributed by atoms with Gasteiger partial charge in [0, 0.05) is 5.41 Å². The zero-order chi connectivity index (χ0) is 16.0. The third-order valence-corrected chi connectivity index (χ3v) is 4.27. The summed E-state index contributed by atoms with van der Waals surface area (Å²) in [4.78, 5) is 10.3. The predicted octanol–water partition coefficient (Wildman–Crippen LogP) is 3.43. The first-order valence-corrected chi connectivity index (χ1v) is 9.40. The monoisotopic (exact) mass is 319 g/mol. The highest BCUT2D eigenvalue weighted by atomic mass is 32.2. The van der Waals surface area contributed by atoms with Gasteiger partial charge in [-0.3, -0.25) is 4.79 Å². The van der Waals surface area contributed by atoms with Gasteiger partial charge in [-0.1, -0.05) is 64.4 Å². The molecule has 2 N–H and O–H groups in total. The largest absolute Gasteiger partial charge is 0.480 e. The standard InChI is InChI=1S/C15H29NO4S/c1-2-3-4-5-6-7-8-9-10-11-12-13-21(19,20)16-14-15(17)18/h12-13,16H,2-11,14H2,1H3,(H,17,18)/b13-12+. The second kappa shape index (κ2) is 12.8. The lowest BCUT2D eigenvalue weighted by Crippen LogP contribution is -2.27. The number of aliphatic carboxylic acids is 1. The van der Waals surface area contributed by atoms with E-state index in [-0.39, 0.29) is 0 Å². The van der Waals surface area contributed by atoms with Gasteiger partial charge in [-0.15, -0.1) is 0 Å². The molecule has 0 heterocycles. The van der Waals surface area contributed by atoms with Crippen molar-refractivity contribution < 1.29 is 18.3 Å². The molecule has 0 aliphatic rings. The molecule has 5 nitrogen and oxygen atoms in total. The minimum atomic E-state index is -3.60. The van der Waals surface area contributed by atoms with Crippen LogP contribution in [-0.2, 0) is 14.8 Å². The van der Waals surface area contributed by atoms with Crippen LogP contribution < -0.4 is 4.72 Å². The van der Waals surface area contributed by atoms with Crippen LogP contribution >= 0.6 is 0 Å². The first kappa shape index (κ1) is 20.1. The molecule has 0 unspecified atom stereocenters. The molecule has 0 rings (SSSR count). The van der Waals surface area contributed by atoms with E-state index < -0.39 is 22.5 Å². The van der Waals surface area contributed by atoms with Gasteiger partial charge in [0.1, 0.15) is 6.54 Å². The maximum Gasteiger partial charge on any atom is 0.318 e. The van der Waals surface area contributed by atoms with E-state index in [0.29, 0.717) is 6.42 Å². The van der Waals surface area contributed by atoms with E-state index in [1.54, 1.807) is 6.08 Å². The van der Waals surface area contributed by atoms with Crippen LogP contribution in [0.3, 0.4) is 0 Å². The minimum Gasteiger partial charge on any atom is -0.480 e. The molecule has 0 amide bonds. The van der Waals surface area contributed by atoms with Gasteiger partial charge in [0.2, 0.25) is 10.0 Å². The normalized spacial score (nSPS) is 12.0. The molecular formula is C15H29NO4S. The van der Waals surface area contributed by atoms with E-state index >= 15 is 0 Å². The summed E-state index contributed by atoms with van der Waals surface area (Å²) in [6.07, 6.45) is 13.4. The fraction of sp³-hybridized carbons (Fsp3) is 0.800. The van der Waals surface area contributed by atoms with Gasteiger partial charge < -0.3 is 5.11 Å². The number of nitrogens with one attached hydrogen (secondary N) is 1. The molecule has 0 saturated heterocycles. The van der Waals surface area contributed by atoms with Gasteiger partial charge in [-0.2, -0.15) is 0 Å². The Balaban J connectivity index is 3.49. The summed E-state index contributed by atoms with van der Waals surface area (Å²) in [6.45, 7) is 1.63. The van der Waals surface area contributed by atoms with Crippen molar-refractivity contribution >= 4 is 16.0 Å². The Morgan fingerprint density at radius 3 is 2.05 bits per heavy atom. The number of rotatable bonds is 14. The quantitative estimate of drug-likeness (QED) is 0.480. The maximum atomic E-state index is 11.3. The summed E-state index contributed by atoms with van der Waals surface area (Å²) >= 11 is 0. The Labute approximate surface area is 128 Å². The second-order valence-electron chi connectivity index (χ2n) is 5.25. The number of carboxylic acid groups (broad SMARTS) is 1. The molecule has 0 aromatic rings. The maximum absolute atomic E-state index is 11.3. The van der Waals surface area contributed by atoms with Crippen molar-refractivity contribution in [3.05, 3.63) is 11.5 Å². The SMILES string of the molecule is CCCCCCCCCCC/C=C/S(=O)(=O)NCC(=O)O. The van der Waals surface area contributed by atoms with Crippen molar-refractivity contribution in [3.8, 4) is 0 Å². The van der Waals surface area contributed by atoms with Crippen molar-refractivity contribution in [2.24, 2.45) is 0 Å². The van der Waals surface area contributed by atoms with Crippen LogP contribution in [0.5, 0.6) is 0 Å². The Morgan fingerprint density at radius 2 is 1.52 bits per heavy atom. The van der Waals surface area contributed by atoms with Crippen LogP contribution in [0.4, 0.5) is 0 Å². The third kappa shape index (κ3) is 15.3. The molecule has 0 bridgehead atoms. The van der Waals surface area contributed by atoms with Gasteiger partial charge >= 0.3 is 5.97 Å². The molecule has 124 valence electrons. The van der Waals surface area contributed by atoms with Crippen LogP contribution in [0.15, 0.2) is 11.5 Å². The minimum absolute atomic E-state index is 0.579. The van der Waals surface area contributed by atoms with Crippen LogP contribution in [0.2, 0.25) is 0 Å². The molecule has 21 heavy (non-hydrogen) atoms. The summed E-state index contributed by atoms with van der Waals surface area (Å²) < 4.78 is 24.6. The average molecular weight is 319 g/mol. The summed E-state index contributed by atoms with van der Waals surface area (Å²) in [7, 11) is -3.60. The molecule has 0 saturated carbocycles. The van der Waals surface area contributed by atoms with Crippen LogP contribution in [0.1, 0.15) is 71.1 Å². The highest BCUT2D eigenvalue weighted by molar-refractivity contribution is 7.92. The van der Waals surface area contributed by atoms with Crippen molar-refractivity contribution in [2.75, 3.05) is 6.54 Å². The molecule has 0 atom stereocenters. The van der Waals surface area contributed by atoms with Gasteiger partial charge in [0.25, 0.3) is 0 Å². The van der Waals surface area contributed by atoms with E-state index in [0.717, 1.165) is 18.2 Å². The Kier molecular flexibility index (Phi) is 12.3. The zero-order valence-corrected chi connectivity index (χ0v) is 13.8. The molecule has 0 fully saturated rings. The van der Waals surface area contributed by atoms with E-state index in [4.69, 9.17) is 5.11 Å². The molecule has 0 aliphatic heterocycles. The molecular weight excluding hydrogens is 290 g/mol. The van der Waals surface area contributed by atoms with Crippen LogP contribution in [0, 0.1) is 0 Å². The van der Waals surface area contributed by atoms with Gasteiger partial charge in [-0.25, -0.2) is 13.1 Å². The van der Waals surface area contributed by atoms with E-state index in [1.165, 1.54) is 44.9 Å². The average Bonchev–Trinajstić information content (AvgIpc) is 2.43. The summed E-state index contributed by atoms with van der Waals surface area (Å²) in [5.41, 5.74) is 0. The molecule has 0 aromatic carbocycles. The fourth-order valence-corrected chi connectivity index (χ4v) is 2.79. The van der Waals surface area contributed by atoms with Crippen molar-refractivity contribution in [1.82, 2.24) is 4.72 Å². The smallest absolute Gasteiger partial charge is 0.318 e. The topological polar surface area (TPSA) is 83.5 Å². The molecule has 0 radical (unpaired) electrons. The number of unbranched alkanes of at least 4 members (excludes halogenated alkanes) is 9. The molecule has 0 aromatic heterocycles. The van der Waals surface area contributed by atoms with Crippen LogP contribution in [-0.4, -0.2) is 26.0 Å². The van der Waals surface area contributed by atoms with Crippen LogP contribution in [0.25, 0.3) is 0 Å². The lowest BCUT2D eigenvalue weighted by molar-refractivity contribution is -0.135. The number of hydrogen-bond acceptors (Lipinski definition) is 3. The van der Waals surface area contributed by atoms with Gasteiger partial charge in [-0.05, 0) is 12.8 Å². The summed E-state index contributed by atoms with van der Waals surface area (Å²) in [5, 5.41) is 9.44. The highest BCUT2D eigenvalue weighted by Gasteiger charge is 2.06. The van der Waals surface area contributed by atoms with Crippen molar-refractivity contribution in [1.29, 1.82) is 0 Å². The summed E-state index contributed by atoms with van der Waals surface area (Å²) in [5.74, 6) is -1.19. The summed E-state index contributed by atoms with van der Waals surface area (Å²) in [6, 6.07) is 0. The number of hydrogen-bond donors (Lipinski definition) is 2. The molecule has 0 aliphatic carbocycles. The third-order valence-electron chi connectivity index (χ3n) is 3.17. The van der Waals surface area contributed by atoms with E-state index in [1.807, 2.05) is 4.72 Å². The lowest BCUT2D eigenvalue weighted by Gasteiger charge is -2.01. The fourth-order valence-electron chi connectivity index (χ4n) is 1.98. The van der Waals surface area contributed by atoms with Crippen molar-refractivity contribution in [3.63, 3.8) is 0 Å². The number of carbonyl (C=O) groups is 1. The van der Waals surface area contributed by atoms with E-state index in [2.05, 4.69) is 6.92 Å². The van der Waals surface area contributed by atoms with Crippen molar-refractivity contribution in [2.45, 2.75) is 71.1 Å². The zero-order valence-electron chi connectivity index (χ0n) is 13.0. The van der Waals surface area contributed by atoms with Gasteiger partial charge in [0.15, 0.2) is 0 Å². The first-order valence-electron chi connectivity index (χ1n) is 7.86. The molecule has 6 heteroatoms. The highest BCUT2D eigenvalue weighted by Crippen LogP contribution is 2.10. The number of sulfonamides is 1. The second-order valence-corrected chi connectivity index (χ2v) is 6.90. The van der Waals surface area contributed by atoms with E-state index in [9.17, 15) is 13.2 Å². The Hall–Kier alpha value is -0.880. The number of carboxylic acids is 1. The van der Waals surface area contributed by atoms with Gasteiger partial charge in [0.05, 0.1) is 0 Å². The Bertz CT molecular complexity index is 390. The predicted molar refractivity (Wildman–Crippen MR) is 85.5 cm³/mol. The molecule has 0 spiro atoms. The first-order chi connectivity index (χ1) is 9.98. The number of allylic oxidation sites excluding steroid dienone is 1.